The van der Waals surface area contributed by atoms with Crippen molar-refractivity contribution >= 4 is 17.7 Å². The summed E-state index contributed by atoms with van der Waals surface area (Å²) in [7, 11) is 1.74. The van der Waals surface area contributed by atoms with Crippen LogP contribution < -0.4 is 10.6 Å². The van der Waals surface area contributed by atoms with Gasteiger partial charge in [0.05, 0.1) is 6.04 Å². The van der Waals surface area contributed by atoms with E-state index in [1.165, 1.54) is 0 Å². The van der Waals surface area contributed by atoms with Gasteiger partial charge in [0, 0.05) is 18.3 Å². The quantitative estimate of drug-likeness (QED) is 0.645. The van der Waals surface area contributed by atoms with Crippen LogP contribution in [0.3, 0.4) is 0 Å². The highest BCUT2D eigenvalue weighted by atomic mass is 32.2. The summed E-state index contributed by atoms with van der Waals surface area (Å²) < 4.78 is 13.8. The van der Waals surface area contributed by atoms with Gasteiger partial charge in [0.2, 0.25) is 0 Å². The highest BCUT2D eigenvalue weighted by Crippen LogP contribution is 2.20. The number of thioether (sulfide) groups is 1. The van der Waals surface area contributed by atoms with E-state index in [0.29, 0.717) is 5.56 Å². The Balaban J connectivity index is 2.66. The van der Waals surface area contributed by atoms with Crippen LogP contribution in [0.5, 0.6) is 0 Å². The largest absolute Gasteiger partial charge is 0.355 e. The number of aliphatic imine (C=N–C) groups is 1. The normalized spacial score (nSPS) is 14.0. The lowest BCUT2D eigenvalue weighted by molar-refractivity contribution is 0.605. The van der Waals surface area contributed by atoms with E-state index >= 15 is 0 Å². The van der Waals surface area contributed by atoms with E-state index in [9.17, 15) is 4.39 Å². The van der Waals surface area contributed by atoms with Gasteiger partial charge in [-0.25, -0.2) is 4.39 Å². The molecule has 1 aromatic rings. The van der Waals surface area contributed by atoms with E-state index in [1.807, 2.05) is 13.0 Å². The molecule has 0 aliphatic heterocycles. The molecular weight excluding hydrogens is 285 g/mol. The molecule has 0 radical (unpaired) electrons. The van der Waals surface area contributed by atoms with Crippen molar-refractivity contribution in [1.82, 2.24) is 10.6 Å². The number of nitrogens with zero attached hydrogens (tertiary/aromatic N) is 1. The number of guanidine groups is 1. The molecule has 0 bridgehead atoms. The predicted molar refractivity (Wildman–Crippen MR) is 91.6 cm³/mol. The molecule has 0 aromatic heterocycles. The van der Waals surface area contributed by atoms with Gasteiger partial charge in [0.25, 0.3) is 0 Å². The van der Waals surface area contributed by atoms with E-state index < -0.39 is 0 Å². The fraction of sp³-hybridized carbons (Fsp3) is 0.562. The summed E-state index contributed by atoms with van der Waals surface area (Å²) in [5.41, 5.74) is 1.57. The van der Waals surface area contributed by atoms with Crippen molar-refractivity contribution in [2.75, 3.05) is 19.8 Å². The van der Waals surface area contributed by atoms with Gasteiger partial charge >= 0.3 is 0 Å². The topological polar surface area (TPSA) is 36.4 Å². The van der Waals surface area contributed by atoms with Crippen LogP contribution in [0, 0.1) is 12.7 Å². The molecule has 2 N–H and O–H groups in total. The smallest absolute Gasteiger partial charge is 0.191 e. The summed E-state index contributed by atoms with van der Waals surface area (Å²) in [4.78, 5) is 4.22. The standard InChI is InChI=1S/C16H26FN3S/c1-11-7-8-13(9-14(11)17)12(2)20-15(18-5)19-10-16(3,4)21-6/h7-9,12H,10H2,1-6H3,(H2,18,19,20). The Morgan fingerprint density at radius 1 is 1.43 bits per heavy atom. The molecule has 1 unspecified atom stereocenters. The second-order valence-electron chi connectivity index (χ2n) is 5.76. The minimum Gasteiger partial charge on any atom is -0.355 e. The molecule has 1 aromatic carbocycles. The minimum atomic E-state index is -0.174. The van der Waals surface area contributed by atoms with Crippen LogP contribution in [0.4, 0.5) is 4.39 Å². The van der Waals surface area contributed by atoms with Gasteiger partial charge in [-0.1, -0.05) is 12.1 Å². The van der Waals surface area contributed by atoms with Gasteiger partial charge in [0.1, 0.15) is 5.82 Å². The Bertz CT molecular complexity index is 500. The maximum atomic E-state index is 13.6. The van der Waals surface area contributed by atoms with Crippen LogP contribution in [0.25, 0.3) is 0 Å². The first kappa shape index (κ1) is 17.8. The van der Waals surface area contributed by atoms with Crippen molar-refractivity contribution < 1.29 is 4.39 Å². The minimum absolute atomic E-state index is 0.0105. The lowest BCUT2D eigenvalue weighted by atomic mass is 10.1. The third-order valence-electron chi connectivity index (χ3n) is 3.51. The Hall–Kier alpha value is -1.23. The zero-order valence-electron chi connectivity index (χ0n) is 13.7. The zero-order valence-corrected chi connectivity index (χ0v) is 14.6. The summed E-state index contributed by atoms with van der Waals surface area (Å²) in [6.07, 6.45) is 2.09. The number of benzene rings is 1. The van der Waals surface area contributed by atoms with Crippen molar-refractivity contribution in [3.05, 3.63) is 35.1 Å². The summed E-state index contributed by atoms with van der Waals surface area (Å²) in [5, 5.41) is 6.60. The first-order chi connectivity index (χ1) is 9.79. The van der Waals surface area contributed by atoms with Crippen molar-refractivity contribution in [2.45, 2.75) is 38.5 Å². The van der Waals surface area contributed by atoms with Gasteiger partial charge in [-0.05, 0) is 51.1 Å². The predicted octanol–water partition coefficient (Wildman–Crippen LogP) is 3.50. The molecule has 0 spiro atoms. The molecule has 21 heavy (non-hydrogen) atoms. The molecule has 3 nitrogen and oxygen atoms in total. The first-order valence-electron chi connectivity index (χ1n) is 7.07. The van der Waals surface area contributed by atoms with Crippen LogP contribution in [-0.4, -0.2) is 30.6 Å². The van der Waals surface area contributed by atoms with Gasteiger partial charge < -0.3 is 10.6 Å². The molecule has 1 atom stereocenters. The molecule has 5 heteroatoms. The van der Waals surface area contributed by atoms with E-state index in [-0.39, 0.29) is 16.6 Å². The third kappa shape index (κ3) is 5.58. The van der Waals surface area contributed by atoms with Crippen LogP contribution in [0.1, 0.15) is 37.9 Å². The number of aryl methyl sites for hydroxylation is 1. The van der Waals surface area contributed by atoms with Crippen LogP contribution in [-0.2, 0) is 0 Å². The molecule has 0 aliphatic carbocycles. The second-order valence-corrected chi connectivity index (χ2v) is 7.28. The molecule has 1 rings (SSSR count). The summed E-state index contributed by atoms with van der Waals surface area (Å²) in [5.74, 6) is 0.554. The van der Waals surface area contributed by atoms with Crippen LogP contribution >= 0.6 is 11.8 Å². The summed E-state index contributed by atoms with van der Waals surface area (Å²) >= 11 is 1.80. The molecule has 0 aliphatic rings. The highest BCUT2D eigenvalue weighted by molar-refractivity contribution is 7.99. The van der Waals surface area contributed by atoms with Gasteiger partial charge in [-0.3, -0.25) is 4.99 Å². The summed E-state index contributed by atoms with van der Waals surface area (Å²) in [6.45, 7) is 8.93. The van der Waals surface area contributed by atoms with Gasteiger partial charge in [-0.2, -0.15) is 11.8 Å². The molecule has 0 amide bonds. The number of halogens is 1. The molecule has 118 valence electrons. The number of hydrogen-bond acceptors (Lipinski definition) is 2. The van der Waals surface area contributed by atoms with Crippen molar-refractivity contribution in [3.8, 4) is 0 Å². The number of rotatable bonds is 5. The molecule has 0 saturated heterocycles. The molecule has 0 saturated carbocycles. The lowest BCUT2D eigenvalue weighted by Crippen LogP contribution is -2.44. The van der Waals surface area contributed by atoms with E-state index in [4.69, 9.17) is 0 Å². The summed E-state index contributed by atoms with van der Waals surface area (Å²) in [6, 6.07) is 5.31. The van der Waals surface area contributed by atoms with Crippen molar-refractivity contribution in [1.29, 1.82) is 0 Å². The fourth-order valence-electron chi connectivity index (χ4n) is 1.73. The monoisotopic (exact) mass is 311 g/mol. The first-order valence-corrected chi connectivity index (χ1v) is 8.30. The second kappa shape index (κ2) is 7.69. The average molecular weight is 311 g/mol. The van der Waals surface area contributed by atoms with Gasteiger partial charge in [0.15, 0.2) is 5.96 Å². The van der Waals surface area contributed by atoms with Crippen LogP contribution in [0.2, 0.25) is 0 Å². The highest BCUT2D eigenvalue weighted by Gasteiger charge is 2.17. The van der Waals surface area contributed by atoms with Crippen LogP contribution in [0.15, 0.2) is 23.2 Å². The maximum Gasteiger partial charge on any atom is 0.191 e. The lowest BCUT2D eigenvalue weighted by Gasteiger charge is -2.25. The average Bonchev–Trinajstić information content (AvgIpc) is 2.46. The Morgan fingerprint density at radius 2 is 2.10 bits per heavy atom. The van der Waals surface area contributed by atoms with E-state index in [1.54, 1.807) is 37.9 Å². The Morgan fingerprint density at radius 3 is 2.62 bits per heavy atom. The van der Waals surface area contributed by atoms with Crippen molar-refractivity contribution in [3.63, 3.8) is 0 Å². The number of nitrogens with one attached hydrogen (secondary N) is 2. The third-order valence-corrected chi connectivity index (χ3v) is 4.76. The van der Waals surface area contributed by atoms with E-state index in [0.717, 1.165) is 18.1 Å². The molecule has 0 heterocycles. The molecular formula is C16H26FN3S. The fourth-order valence-corrected chi connectivity index (χ4v) is 1.95. The van der Waals surface area contributed by atoms with Gasteiger partial charge in [-0.15, -0.1) is 0 Å². The van der Waals surface area contributed by atoms with Crippen molar-refractivity contribution in [2.24, 2.45) is 4.99 Å². The zero-order chi connectivity index (χ0) is 16.0. The maximum absolute atomic E-state index is 13.6. The Kier molecular flexibility index (Phi) is 6.52. The Labute approximate surface area is 131 Å². The van der Waals surface area contributed by atoms with E-state index in [2.05, 4.69) is 35.7 Å². The number of hydrogen-bond donors (Lipinski definition) is 2. The molecule has 0 fully saturated rings. The SMILES string of the molecule is CN=C(NCC(C)(C)SC)NC(C)c1ccc(C)c(F)c1.